The molecule has 1 aromatic carbocycles. The molecule has 0 bridgehead atoms. The van der Waals surface area contributed by atoms with Crippen molar-refractivity contribution in [1.82, 2.24) is 5.16 Å². The molecule has 0 saturated carbocycles. The highest BCUT2D eigenvalue weighted by Crippen LogP contribution is 2.18. The average molecular weight is 336 g/mol. The second kappa shape index (κ2) is 7.58. The summed E-state index contributed by atoms with van der Waals surface area (Å²) in [5.41, 5.74) is -0.278. The number of methoxy groups -OCH3 is 1. The first-order valence-electron chi connectivity index (χ1n) is 7.23. The summed E-state index contributed by atoms with van der Waals surface area (Å²) in [5, 5.41) is 6.09. The van der Waals surface area contributed by atoms with Crippen LogP contribution in [0.3, 0.4) is 0 Å². The molecule has 1 N–H and O–H groups in total. The first-order chi connectivity index (χ1) is 11.4. The van der Waals surface area contributed by atoms with E-state index in [1.54, 1.807) is 13.8 Å². The maximum Gasteiger partial charge on any atom is 0.341 e. The van der Waals surface area contributed by atoms with Crippen LogP contribution < -0.4 is 10.1 Å². The lowest BCUT2D eigenvalue weighted by Gasteiger charge is -2.15. The molecule has 0 aliphatic heterocycles. The number of nitrogens with one attached hydrogen (secondary N) is 1. The molecule has 8 heteroatoms. The predicted molar refractivity (Wildman–Crippen MR) is 82.3 cm³/mol. The number of aryl methyl sites for hydroxylation is 1. The van der Waals surface area contributed by atoms with Crippen molar-refractivity contribution in [3.63, 3.8) is 0 Å². The maximum atomic E-state index is 13.9. The molecule has 0 aliphatic rings. The lowest BCUT2D eigenvalue weighted by Crippen LogP contribution is -2.32. The number of halogens is 1. The third-order valence-electron chi connectivity index (χ3n) is 3.19. The lowest BCUT2D eigenvalue weighted by molar-refractivity contribution is -0.124. The number of ether oxygens (including phenoxy) is 2. The van der Waals surface area contributed by atoms with E-state index in [9.17, 15) is 14.0 Å². The minimum absolute atomic E-state index is 0.211. The van der Waals surface area contributed by atoms with Gasteiger partial charge in [-0.3, -0.25) is 4.79 Å². The fourth-order valence-corrected chi connectivity index (χ4v) is 1.94. The summed E-state index contributed by atoms with van der Waals surface area (Å²) in [6, 6.07) is 5.26. The van der Waals surface area contributed by atoms with Gasteiger partial charge in [0, 0.05) is 12.1 Å². The molecule has 128 valence electrons. The Morgan fingerprint density at radius 2 is 2.12 bits per heavy atom. The van der Waals surface area contributed by atoms with E-state index in [1.165, 1.54) is 25.3 Å². The minimum Gasteiger partial charge on any atom is -0.497 e. The van der Waals surface area contributed by atoms with E-state index < -0.39 is 23.8 Å². The van der Waals surface area contributed by atoms with Crippen molar-refractivity contribution in [3.8, 4) is 5.75 Å². The minimum atomic E-state index is -1.09. The highest BCUT2D eigenvalue weighted by molar-refractivity contribution is 5.97. The number of hydrogen-bond donors (Lipinski definition) is 1. The Hall–Kier alpha value is -2.90. The number of benzene rings is 1. The zero-order chi connectivity index (χ0) is 17.7. The van der Waals surface area contributed by atoms with Gasteiger partial charge >= 0.3 is 5.97 Å². The molecule has 24 heavy (non-hydrogen) atoms. The summed E-state index contributed by atoms with van der Waals surface area (Å²) >= 11 is 0. The van der Waals surface area contributed by atoms with Crippen molar-refractivity contribution in [1.29, 1.82) is 0 Å². The summed E-state index contributed by atoms with van der Waals surface area (Å²) in [6.07, 6.45) is -0.873. The SMILES string of the molecule is CC[C@H](OC(=O)c1ccc(OC)cc1F)C(=O)Nc1cc(C)on1. The van der Waals surface area contributed by atoms with Gasteiger partial charge in [-0.1, -0.05) is 12.1 Å². The monoisotopic (exact) mass is 336 g/mol. The van der Waals surface area contributed by atoms with Crippen LogP contribution in [0.4, 0.5) is 10.2 Å². The van der Waals surface area contributed by atoms with E-state index in [0.29, 0.717) is 5.76 Å². The molecule has 1 aromatic heterocycles. The third-order valence-corrected chi connectivity index (χ3v) is 3.19. The Morgan fingerprint density at radius 1 is 1.38 bits per heavy atom. The van der Waals surface area contributed by atoms with Gasteiger partial charge in [-0.2, -0.15) is 0 Å². The number of hydrogen-bond acceptors (Lipinski definition) is 6. The van der Waals surface area contributed by atoms with Crippen LogP contribution in [0.15, 0.2) is 28.8 Å². The van der Waals surface area contributed by atoms with Crippen LogP contribution in [0.1, 0.15) is 29.5 Å². The summed E-state index contributed by atoms with van der Waals surface area (Å²) in [6.45, 7) is 3.34. The first kappa shape index (κ1) is 17.5. The molecule has 0 fully saturated rings. The number of nitrogens with zero attached hydrogens (tertiary/aromatic N) is 1. The summed E-state index contributed by atoms with van der Waals surface area (Å²) < 4.78 is 28.7. The van der Waals surface area contributed by atoms with E-state index in [1.807, 2.05) is 0 Å². The molecule has 0 spiro atoms. The van der Waals surface area contributed by atoms with Gasteiger partial charge in [0.2, 0.25) is 0 Å². The quantitative estimate of drug-likeness (QED) is 0.816. The van der Waals surface area contributed by atoms with Gasteiger partial charge in [-0.25, -0.2) is 9.18 Å². The Kier molecular flexibility index (Phi) is 5.51. The zero-order valence-corrected chi connectivity index (χ0v) is 13.5. The van der Waals surface area contributed by atoms with Gasteiger partial charge in [0.25, 0.3) is 5.91 Å². The van der Waals surface area contributed by atoms with Crippen LogP contribution >= 0.6 is 0 Å². The molecule has 0 unspecified atom stereocenters. The van der Waals surface area contributed by atoms with Gasteiger partial charge < -0.3 is 19.3 Å². The van der Waals surface area contributed by atoms with E-state index in [4.69, 9.17) is 14.0 Å². The number of carbonyl (C=O) groups is 2. The number of rotatable bonds is 6. The Balaban J connectivity index is 2.06. The van der Waals surface area contributed by atoms with Crippen molar-refractivity contribution >= 4 is 17.7 Å². The molecule has 7 nitrogen and oxygen atoms in total. The van der Waals surface area contributed by atoms with Crippen LogP contribution in [-0.2, 0) is 9.53 Å². The second-order valence-electron chi connectivity index (χ2n) is 4.96. The van der Waals surface area contributed by atoms with Crippen LogP contribution in [-0.4, -0.2) is 30.2 Å². The van der Waals surface area contributed by atoms with Gasteiger partial charge in [0.05, 0.1) is 12.7 Å². The van der Waals surface area contributed by atoms with E-state index in [0.717, 1.165) is 6.07 Å². The standard InChI is InChI=1S/C16H17FN2O5/c1-4-13(15(20)18-14-7-9(2)24-19-14)23-16(21)11-6-5-10(22-3)8-12(11)17/h5-8,13H,4H2,1-3H3,(H,18,19,20)/t13-/m0/s1. The van der Waals surface area contributed by atoms with Gasteiger partial charge in [-0.05, 0) is 25.5 Å². The summed E-state index contributed by atoms with van der Waals surface area (Å²) in [4.78, 5) is 24.2. The molecule has 1 amide bonds. The number of esters is 1. The maximum absolute atomic E-state index is 13.9. The van der Waals surface area contributed by atoms with E-state index in [-0.39, 0.29) is 23.6 Å². The fraction of sp³-hybridized carbons (Fsp3) is 0.312. The van der Waals surface area contributed by atoms with Crippen molar-refractivity contribution in [2.24, 2.45) is 0 Å². The topological polar surface area (TPSA) is 90.7 Å². The second-order valence-corrected chi connectivity index (χ2v) is 4.96. The molecular weight excluding hydrogens is 319 g/mol. The number of aromatic nitrogens is 1. The lowest BCUT2D eigenvalue weighted by atomic mass is 10.2. The summed E-state index contributed by atoms with van der Waals surface area (Å²) in [7, 11) is 1.38. The van der Waals surface area contributed by atoms with Crippen molar-refractivity contribution in [2.45, 2.75) is 26.4 Å². The highest BCUT2D eigenvalue weighted by Gasteiger charge is 2.24. The van der Waals surface area contributed by atoms with Crippen LogP contribution in [0.25, 0.3) is 0 Å². The molecule has 1 heterocycles. The van der Waals surface area contributed by atoms with Crippen LogP contribution in [0.2, 0.25) is 0 Å². The molecule has 0 aliphatic carbocycles. The Labute approximate surface area is 137 Å². The largest absolute Gasteiger partial charge is 0.497 e. The smallest absolute Gasteiger partial charge is 0.341 e. The molecule has 1 atom stereocenters. The molecule has 2 rings (SSSR count). The average Bonchev–Trinajstić information content (AvgIpc) is 2.96. The first-order valence-corrected chi connectivity index (χ1v) is 7.23. The van der Waals surface area contributed by atoms with E-state index in [2.05, 4.69) is 10.5 Å². The van der Waals surface area contributed by atoms with E-state index >= 15 is 0 Å². The number of amides is 1. The van der Waals surface area contributed by atoms with Crippen molar-refractivity contribution in [3.05, 3.63) is 41.4 Å². The normalized spacial score (nSPS) is 11.7. The third kappa shape index (κ3) is 4.09. The van der Waals surface area contributed by atoms with Crippen LogP contribution in [0, 0.1) is 12.7 Å². The van der Waals surface area contributed by atoms with Crippen molar-refractivity contribution < 1.29 is 28.0 Å². The van der Waals surface area contributed by atoms with Gasteiger partial charge in [0.1, 0.15) is 17.3 Å². The zero-order valence-electron chi connectivity index (χ0n) is 13.5. The number of carbonyl (C=O) groups excluding carboxylic acids is 2. The Morgan fingerprint density at radius 3 is 2.67 bits per heavy atom. The highest BCUT2D eigenvalue weighted by atomic mass is 19.1. The number of anilines is 1. The summed E-state index contributed by atoms with van der Waals surface area (Å²) in [5.74, 6) is -1.29. The van der Waals surface area contributed by atoms with Crippen LogP contribution in [0.5, 0.6) is 5.75 Å². The fourth-order valence-electron chi connectivity index (χ4n) is 1.94. The Bertz CT molecular complexity index is 744. The van der Waals surface area contributed by atoms with Gasteiger partial charge in [0.15, 0.2) is 11.9 Å². The molecular formula is C16H17FN2O5. The van der Waals surface area contributed by atoms with Crippen molar-refractivity contribution in [2.75, 3.05) is 12.4 Å². The molecule has 0 radical (unpaired) electrons. The molecule has 0 saturated heterocycles. The molecule has 2 aromatic rings. The van der Waals surface area contributed by atoms with Gasteiger partial charge in [-0.15, -0.1) is 0 Å². The predicted octanol–water partition coefficient (Wildman–Crippen LogP) is 2.70.